The van der Waals surface area contributed by atoms with Crippen molar-refractivity contribution in [3.8, 4) is 0 Å². The molecule has 1 aliphatic heterocycles. The molecule has 0 spiro atoms. The Balaban J connectivity index is 2.27. The maximum atomic E-state index is 12.4. The Morgan fingerprint density at radius 2 is 2.16 bits per heavy atom. The lowest BCUT2D eigenvalue weighted by Gasteiger charge is -2.29. The number of aliphatic carboxylic acids is 1. The topological polar surface area (TPSA) is 74.7 Å². The Morgan fingerprint density at radius 3 is 2.79 bits per heavy atom. The molecule has 1 aromatic carbocycles. The molecule has 1 heterocycles. The summed E-state index contributed by atoms with van der Waals surface area (Å²) in [7, 11) is -3.61. The van der Waals surface area contributed by atoms with Crippen molar-refractivity contribution >= 4 is 31.9 Å². The number of benzene rings is 1. The lowest BCUT2D eigenvalue weighted by molar-refractivity contribution is -0.142. The molecular formula is C12H14BrNO4S. The van der Waals surface area contributed by atoms with E-state index < -0.39 is 21.9 Å². The van der Waals surface area contributed by atoms with E-state index in [-0.39, 0.29) is 11.4 Å². The van der Waals surface area contributed by atoms with Crippen LogP contribution in [0.1, 0.15) is 12.8 Å². The van der Waals surface area contributed by atoms with Crippen LogP contribution in [0, 0.1) is 5.92 Å². The van der Waals surface area contributed by atoms with E-state index in [4.69, 9.17) is 5.11 Å². The number of hydrogen-bond acceptors (Lipinski definition) is 3. The zero-order valence-electron chi connectivity index (χ0n) is 10.1. The SMILES string of the molecule is O=C(O)[C@@H]1CCCN(S(=O)(=O)c2cccc(Br)c2)C1. The van der Waals surface area contributed by atoms with Gasteiger partial charge in [-0.2, -0.15) is 4.31 Å². The van der Waals surface area contributed by atoms with Crippen molar-refractivity contribution in [2.75, 3.05) is 13.1 Å². The van der Waals surface area contributed by atoms with E-state index >= 15 is 0 Å². The number of rotatable bonds is 3. The van der Waals surface area contributed by atoms with Gasteiger partial charge in [-0.05, 0) is 31.0 Å². The lowest BCUT2D eigenvalue weighted by atomic mass is 10.0. The highest BCUT2D eigenvalue weighted by molar-refractivity contribution is 9.10. The number of sulfonamides is 1. The molecule has 0 amide bonds. The Morgan fingerprint density at radius 1 is 1.42 bits per heavy atom. The summed E-state index contributed by atoms with van der Waals surface area (Å²) in [5.74, 6) is -1.55. The van der Waals surface area contributed by atoms with Gasteiger partial charge in [0.15, 0.2) is 0 Å². The van der Waals surface area contributed by atoms with Crippen LogP contribution in [0.5, 0.6) is 0 Å². The van der Waals surface area contributed by atoms with Gasteiger partial charge in [-0.3, -0.25) is 4.79 Å². The third-order valence-corrected chi connectivity index (χ3v) is 5.52. The van der Waals surface area contributed by atoms with Crippen LogP contribution in [0.25, 0.3) is 0 Å². The highest BCUT2D eigenvalue weighted by Crippen LogP contribution is 2.25. The van der Waals surface area contributed by atoms with Crippen molar-refractivity contribution in [1.29, 1.82) is 0 Å². The molecule has 1 atom stereocenters. The first-order valence-corrected chi connectivity index (χ1v) is 8.13. The van der Waals surface area contributed by atoms with Crippen molar-refractivity contribution in [2.24, 2.45) is 5.92 Å². The summed E-state index contributed by atoms with van der Waals surface area (Å²) in [4.78, 5) is 11.2. The van der Waals surface area contributed by atoms with E-state index in [9.17, 15) is 13.2 Å². The Bertz CT molecular complexity index is 587. The minimum Gasteiger partial charge on any atom is -0.481 e. The van der Waals surface area contributed by atoms with Gasteiger partial charge in [0.2, 0.25) is 10.0 Å². The van der Waals surface area contributed by atoms with Gasteiger partial charge in [-0.15, -0.1) is 0 Å². The molecule has 7 heteroatoms. The molecule has 2 rings (SSSR count). The molecular weight excluding hydrogens is 334 g/mol. The predicted octanol–water partition coefficient (Wildman–Crippen LogP) is 1.93. The maximum Gasteiger partial charge on any atom is 0.307 e. The molecule has 1 saturated heterocycles. The third-order valence-electron chi connectivity index (χ3n) is 3.17. The monoisotopic (exact) mass is 347 g/mol. The predicted molar refractivity (Wildman–Crippen MR) is 73.3 cm³/mol. The first kappa shape index (κ1) is 14.5. The third kappa shape index (κ3) is 3.16. The molecule has 5 nitrogen and oxygen atoms in total. The van der Waals surface area contributed by atoms with Gasteiger partial charge in [0.05, 0.1) is 10.8 Å². The number of piperidine rings is 1. The Kier molecular flexibility index (Phi) is 4.27. The smallest absolute Gasteiger partial charge is 0.307 e. The van der Waals surface area contributed by atoms with E-state index in [1.54, 1.807) is 12.1 Å². The quantitative estimate of drug-likeness (QED) is 0.906. The summed E-state index contributed by atoms with van der Waals surface area (Å²) in [6.45, 7) is 0.419. The first-order chi connectivity index (χ1) is 8.91. The molecule has 19 heavy (non-hydrogen) atoms. The fourth-order valence-corrected chi connectivity index (χ4v) is 4.26. The lowest BCUT2D eigenvalue weighted by Crippen LogP contribution is -2.42. The number of halogens is 1. The van der Waals surface area contributed by atoms with Crippen LogP contribution in [-0.2, 0) is 14.8 Å². The Labute approximate surface area is 120 Å². The van der Waals surface area contributed by atoms with Crippen molar-refractivity contribution in [1.82, 2.24) is 4.31 Å². The molecule has 104 valence electrons. The molecule has 1 aliphatic rings. The number of nitrogens with zero attached hydrogens (tertiary/aromatic N) is 1. The number of hydrogen-bond donors (Lipinski definition) is 1. The normalized spacial score (nSPS) is 21.2. The van der Waals surface area contributed by atoms with Crippen LogP contribution in [0.3, 0.4) is 0 Å². The van der Waals surface area contributed by atoms with E-state index in [0.29, 0.717) is 23.9 Å². The first-order valence-electron chi connectivity index (χ1n) is 5.90. The van der Waals surface area contributed by atoms with Crippen LogP contribution < -0.4 is 0 Å². The average Bonchev–Trinajstić information content (AvgIpc) is 2.39. The molecule has 0 saturated carbocycles. The minimum absolute atomic E-state index is 0.0458. The Hall–Kier alpha value is -0.920. The average molecular weight is 348 g/mol. The highest BCUT2D eigenvalue weighted by atomic mass is 79.9. The molecule has 0 bridgehead atoms. The van der Waals surface area contributed by atoms with Gasteiger partial charge < -0.3 is 5.11 Å². The van der Waals surface area contributed by atoms with E-state index in [1.165, 1.54) is 16.4 Å². The second kappa shape index (κ2) is 5.60. The highest BCUT2D eigenvalue weighted by Gasteiger charge is 2.33. The zero-order valence-corrected chi connectivity index (χ0v) is 12.5. The second-order valence-electron chi connectivity index (χ2n) is 4.50. The number of carbonyl (C=O) groups is 1. The van der Waals surface area contributed by atoms with Gasteiger partial charge in [0, 0.05) is 17.6 Å². The molecule has 0 unspecified atom stereocenters. The van der Waals surface area contributed by atoms with E-state index in [0.717, 1.165) is 0 Å². The summed E-state index contributed by atoms with van der Waals surface area (Å²) < 4.78 is 26.8. The van der Waals surface area contributed by atoms with Crippen LogP contribution in [0.2, 0.25) is 0 Å². The second-order valence-corrected chi connectivity index (χ2v) is 7.35. The molecule has 1 N–H and O–H groups in total. The number of carboxylic acids is 1. The van der Waals surface area contributed by atoms with E-state index in [2.05, 4.69) is 15.9 Å². The van der Waals surface area contributed by atoms with E-state index in [1.807, 2.05) is 0 Å². The maximum absolute atomic E-state index is 12.4. The van der Waals surface area contributed by atoms with Gasteiger partial charge >= 0.3 is 5.97 Å². The molecule has 0 radical (unpaired) electrons. The van der Waals surface area contributed by atoms with Gasteiger partial charge in [0.1, 0.15) is 0 Å². The van der Waals surface area contributed by atoms with Crippen molar-refractivity contribution < 1.29 is 18.3 Å². The van der Waals surface area contributed by atoms with Crippen LogP contribution in [0.4, 0.5) is 0 Å². The van der Waals surface area contributed by atoms with Gasteiger partial charge in [-0.1, -0.05) is 22.0 Å². The molecule has 1 fully saturated rings. The van der Waals surface area contributed by atoms with Crippen LogP contribution >= 0.6 is 15.9 Å². The zero-order chi connectivity index (χ0) is 14.0. The fraction of sp³-hybridized carbons (Fsp3) is 0.417. The standard InChI is InChI=1S/C12H14BrNO4S/c13-10-4-1-5-11(7-10)19(17,18)14-6-2-3-9(8-14)12(15)16/h1,4-5,7,9H,2-3,6,8H2,(H,15,16)/t9-/m1/s1. The molecule has 0 aliphatic carbocycles. The van der Waals surface area contributed by atoms with Crippen LogP contribution in [-0.4, -0.2) is 36.9 Å². The van der Waals surface area contributed by atoms with Crippen LogP contribution in [0.15, 0.2) is 33.6 Å². The number of carboxylic acid groups (broad SMARTS) is 1. The summed E-state index contributed by atoms with van der Waals surface area (Å²) >= 11 is 3.24. The minimum atomic E-state index is -3.61. The summed E-state index contributed by atoms with van der Waals surface area (Å²) in [5.41, 5.74) is 0. The van der Waals surface area contributed by atoms with Gasteiger partial charge in [0.25, 0.3) is 0 Å². The van der Waals surface area contributed by atoms with Crippen molar-refractivity contribution in [3.63, 3.8) is 0 Å². The summed E-state index contributed by atoms with van der Waals surface area (Å²) in [5, 5.41) is 9.01. The fourth-order valence-electron chi connectivity index (χ4n) is 2.14. The van der Waals surface area contributed by atoms with Gasteiger partial charge in [-0.25, -0.2) is 8.42 Å². The molecule has 1 aromatic rings. The largest absolute Gasteiger partial charge is 0.481 e. The van der Waals surface area contributed by atoms with Crippen molar-refractivity contribution in [2.45, 2.75) is 17.7 Å². The van der Waals surface area contributed by atoms with Crippen molar-refractivity contribution in [3.05, 3.63) is 28.7 Å². The summed E-state index contributed by atoms with van der Waals surface area (Å²) in [6, 6.07) is 6.44. The summed E-state index contributed by atoms with van der Waals surface area (Å²) in [6.07, 6.45) is 1.10. The molecule has 0 aromatic heterocycles.